The molecule has 1 heterocycles. The number of nitriles is 1. The van der Waals surface area contributed by atoms with Crippen LogP contribution in [0.1, 0.15) is 29.5 Å². The maximum atomic E-state index is 13.1. The first kappa shape index (κ1) is 21.4. The summed E-state index contributed by atoms with van der Waals surface area (Å²) in [5.41, 5.74) is 5.04. The fraction of sp³-hybridized carbons (Fsp3) is 0.208. The van der Waals surface area contributed by atoms with Crippen molar-refractivity contribution in [3.63, 3.8) is 0 Å². The van der Waals surface area contributed by atoms with Crippen LogP contribution in [0.15, 0.2) is 53.6 Å². The number of anilines is 1. The first-order valence-electron chi connectivity index (χ1n) is 9.95. The van der Waals surface area contributed by atoms with Crippen molar-refractivity contribution in [1.82, 2.24) is 4.98 Å². The minimum absolute atomic E-state index is 0.0951. The van der Waals surface area contributed by atoms with Crippen LogP contribution in [0.3, 0.4) is 0 Å². The lowest BCUT2D eigenvalue weighted by molar-refractivity contribution is -0.113. The average Bonchev–Trinajstić information content (AvgIpc) is 2.79. The summed E-state index contributed by atoms with van der Waals surface area (Å²) < 4.78 is 13.1. The van der Waals surface area contributed by atoms with Gasteiger partial charge in [-0.3, -0.25) is 4.79 Å². The topological polar surface area (TPSA) is 65.8 Å². The predicted molar refractivity (Wildman–Crippen MR) is 122 cm³/mol. The van der Waals surface area contributed by atoms with Gasteiger partial charge in [0.15, 0.2) is 0 Å². The SMILES string of the molecule is N#Cc1c(SCC(=O)Nc2ccc(F)cc2)nc(-c2ccc(Cl)cc2)c2c1CCCC2. The van der Waals surface area contributed by atoms with Gasteiger partial charge in [0.1, 0.15) is 16.9 Å². The van der Waals surface area contributed by atoms with Crippen LogP contribution >= 0.6 is 23.4 Å². The second kappa shape index (κ2) is 9.51. The van der Waals surface area contributed by atoms with Crippen LogP contribution < -0.4 is 5.32 Å². The Kier molecular flexibility index (Phi) is 6.55. The standard InChI is InChI=1S/C24H19ClFN3OS/c25-16-7-5-15(6-8-16)23-20-4-2-1-3-19(20)21(13-27)24(29-23)31-14-22(30)28-18-11-9-17(26)10-12-18/h5-12H,1-4,14H2,(H,28,30). The summed E-state index contributed by atoms with van der Waals surface area (Å²) in [5.74, 6) is -0.509. The summed E-state index contributed by atoms with van der Waals surface area (Å²) in [4.78, 5) is 17.2. The van der Waals surface area contributed by atoms with Gasteiger partial charge in [0, 0.05) is 16.3 Å². The normalized spacial score (nSPS) is 12.7. The van der Waals surface area contributed by atoms with Crippen molar-refractivity contribution in [3.8, 4) is 17.3 Å². The lowest BCUT2D eigenvalue weighted by Gasteiger charge is -2.22. The molecule has 1 aromatic heterocycles. The van der Waals surface area contributed by atoms with Gasteiger partial charge in [0.2, 0.25) is 5.91 Å². The smallest absolute Gasteiger partial charge is 0.234 e. The summed E-state index contributed by atoms with van der Waals surface area (Å²) >= 11 is 7.29. The first-order valence-corrected chi connectivity index (χ1v) is 11.3. The van der Waals surface area contributed by atoms with Gasteiger partial charge in [0.05, 0.1) is 17.0 Å². The minimum Gasteiger partial charge on any atom is -0.325 e. The van der Waals surface area contributed by atoms with Crippen molar-refractivity contribution < 1.29 is 9.18 Å². The number of nitrogens with zero attached hydrogens (tertiary/aromatic N) is 2. The molecule has 0 saturated heterocycles. The summed E-state index contributed by atoms with van der Waals surface area (Å²) in [5, 5.41) is 13.8. The lowest BCUT2D eigenvalue weighted by Crippen LogP contribution is -2.15. The van der Waals surface area contributed by atoms with Gasteiger partial charge in [-0.25, -0.2) is 9.37 Å². The Balaban J connectivity index is 1.62. The Labute approximate surface area is 189 Å². The molecule has 0 unspecified atom stereocenters. The van der Waals surface area contributed by atoms with Gasteiger partial charge < -0.3 is 5.32 Å². The van der Waals surface area contributed by atoms with Crippen LogP contribution in [0, 0.1) is 17.1 Å². The first-order chi connectivity index (χ1) is 15.0. The van der Waals surface area contributed by atoms with Gasteiger partial charge in [-0.2, -0.15) is 5.26 Å². The second-order valence-electron chi connectivity index (χ2n) is 7.27. The second-order valence-corrected chi connectivity index (χ2v) is 8.67. The summed E-state index contributed by atoms with van der Waals surface area (Å²) in [6.45, 7) is 0. The molecule has 0 radical (unpaired) electrons. The van der Waals surface area contributed by atoms with E-state index in [0.29, 0.717) is 21.3 Å². The van der Waals surface area contributed by atoms with Crippen molar-refractivity contribution in [2.45, 2.75) is 30.7 Å². The number of nitrogens with one attached hydrogen (secondary N) is 1. The van der Waals surface area contributed by atoms with Gasteiger partial charge in [-0.1, -0.05) is 35.5 Å². The maximum absolute atomic E-state index is 13.1. The molecule has 156 valence electrons. The average molecular weight is 452 g/mol. The van der Waals surface area contributed by atoms with Gasteiger partial charge in [-0.05, 0) is 73.2 Å². The zero-order valence-electron chi connectivity index (χ0n) is 16.6. The number of carbonyl (C=O) groups excluding carboxylic acids is 1. The van der Waals surface area contributed by atoms with Crippen LogP contribution in [0.2, 0.25) is 5.02 Å². The lowest BCUT2D eigenvalue weighted by atomic mass is 9.86. The van der Waals surface area contributed by atoms with Gasteiger partial charge in [-0.15, -0.1) is 0 Å². The molecule has 0 atom stereocenters. The Bertz CT molecular complexity index is 1160. The number of hydrogen-bond acceptors (Lipinski definition) is 4. The summed E-state index contributed by atoms with van der Waals surface area (Å²) in [6, 6.07) is 15.4. The zero-order chi connectivity index (χ0) is 21.8. The van der Waals surface area contributed by atoms with Crippen molar-refractivity contribution in [3.05, 3.63) is 76.1 Å². The number of halogens is 2. The van der Waals surface area contributed by atoms with E-state index in [9.17, 15) is 14.4 Å². The highest BCUT2D eigenvalue weighted by Crippen LogP contribution is 2.37. The number of benzene rings is 2. The highest BCUT2D eigenvalue weighted by atomic mass is 35.5. The molecule has 4 rings (SSSR count). The Hall–Kier alpha value is -2.88. The molecule has 0 saturated carbocycles. The van der Waals surface area contributed by atoms with E-state index in [0.717, 1.165) is 48.1 Å². The Morgan fingerprint density at radius 1 is 1.10 bits per heavy atom. The van der Waals surface area contributed by atoms with Crippen LogP contribution in [0.25, 0.3) is 11.3 Å². The van der Waals surface area contributed by atoms with E-state index in [1.807, 2.05) is 24.3 Å². The number of rotatable bonds is 5. The van der Waals surface area contributed by atoms with Crippen LogP contribution in [-0.2, 0) is 17.6 Å². The maximum Gasteiger partial charge on any atom is 0.234 e. The van der Waals surface area contributed by atoms with E-state index in [1.54, 1.807) is 0 Å². The Morgan fingerprint density at radius 2 is 1.77 bits per heavy atom. The Morgan fingerprint density at radius 3 is 2.45 bits per heavy atom. The molecule has 31 heavy (non-hydrogen) atoms. The van der Waals surface area contributed by atoms with Crippen molar-refractivity contribution in [2.75, 3.05) is 11.1 Å². The van der Waals surface area contributed by atoms with Crippen molar-refractivity contribution in [2.24, 2.45) is 0 Å². The molecule has 1 aliphatic carbocycles. The van der Waals surface area contributed by atoms with E-state index in [4.69, 9.17) is 16.6 Å². The van der Waals surface area contributed by atoms with Gasteiger partial charge in [0.25, 0.3) is 0 Å². The van der Waals surface area contributed by atoms with Crippen molar-refractivity contribution in [1.29, 1.82) is 5.26 Å². The molecule has 3 aromatic rings. The molecular weight excluding hydrogens is 433 g/mol. The van der Waals surface area contributed by atoms with Crippen LogP contribution in [0.5, 0.6) is 0 Å². The molecule has 4 nitrogen and oxygen atoms in total. The number of amides is 1. The highest BCUT2D eigenvalue weighted by molar-refractivity contribution is 8.00. The summed E-state index contributed by atoms with van der Waals surface area (Å²) in [6.07, 6.45) is 3.80. The molecule has 1 aliphatic rings. The number of thioether (sulfide) groups is 1. The predicted octanol–water partition coefficient (Wildman–Crippen LogP) is 6.02. The molecule has 0 spiro atoms. The van der Waals surface area contributed by atoms with Crippen LogP contribution in [0.4, 0.5) is 10.1 Å². The van der Waals surface area contributed by atoms with Gasteiger partial charge >= 0.3 is 0 Å². The number of pyridine rings is 1. The van der Waals surface area contributed by atoms with E-state index < -0.39 is 0 Å². The fourth-order valence-corrected chi connectivity index (χ4v) is 4.66. The molecule has 7 heteroatoms. The quantitative estimate of drug-likeness (QED) is 0.481. The monoisotopic (exact) mass is 451 g/mol. The van der Waals surface area contributed by atoms with E-state index in [1.165, 1.54) is 36.0 Å². The highest BCUT2D eigenvalue weighted by Gasteiger charge is 2.23. The number of fused-ring (bicyclic) bond motifs is 1. The molecule has 1 N–H and O–H groups in total. The van der Waals surface area contributed by atoms with E-state index >= 15 is 0 Å². The third-order valence-electron chi connectivity index (χ3n) is 5.18. The van der Waals surface area contributed by atoms with Crippen LogP contribution in [-0.4, -0.2) is 16.6 Å². The molecule has 0 fully saturated rings. The number of hydrogen-bond donors (Lipinski definition) is 1. The molecular formula is C24H19ClFN3OS. The van der Waals surface area contributed by atoms with E-state index in [-0.39, 0.29) is 17.5 Å². The molecule has 0 aliphatic heterocycles. The summed E-state index contributed by atoms with van der Waals surface area (Å²) in [7, 11) is 0. The third-order valence-corrected chi connectivity index (χ3v) is 6.41. The van der Waals surface area contributed by atoms with Crippen molar-refractivity contribution >= 4 is 35.0 Å². The van der Waals surface area contributed by atoms with E-state index in [2.05, 4.69) is 11.4 Å². The molecule has 2 aromatic carbocycles. The minimum atomic E-state index is -0.362. The zero-order valence-corrected chi connectivity index (χ0v) is 18.2. The molecule has 1 amide bonds. The largest absolute Gasteiger partial charge is 0.325 e. The molecule has 0 bridgehead atoms. The number of aromatic nitrogens is 1. The fourth-order valence-electron chi connectivity index (χ4n) is 3.73. The number of carbonyl (C=O) groups is 1. The third kappa shape index (κ3) is 4.90.